The van der Waals surface area contributed by atoms with Gasteiger partial charge in [-0.15, -0.1) is 10.2 Å². The maximum atomic E-state index is 13.2. The summed E-state index contributed by atoms with van der Waals surface area (Å²) in [6, 6.07) is 13.1. The highest BCUT2D eigenvalue weighted by molar-refractivity contribution is 7.98. The molecule has 0 saturated carbocycles. The van der Waals surface area contributed by atoms with Crippen LogP contribution in [0.4, 0.5) is 5.69 Å². The number of para-hydroxylation sites is 1. The average molecular weight is 453 g/mol. The van der Waals surface area contributed by atoms with Gasteiger partial charge in [0.05, 0.1) is 19.4 Å². The van der Waals surface area contributed by atoms with Gasteiger partial charge in [0.2, 0.25) is 23.2 Å². The minimum atomic E-state index is -0.777. The molecule has 0 saturated heterocycles. The Labute approximate surface area is 190 Å². The second-order valence-electron chi connectivity index (χ2n) is 6.90. The number of rotatable bonds is 6. The number of amides is 1. The van der Waals surface area contributed by atoms with Crippen molar-refractivity contribution in [3.63, 3.8) is 0 Å². The molecule has 1 aliphatic rings. The minimum Gasteiger partial charge on any atom is -0.493 e. The summed E-state index contributed by atoms with van der Waals surface area (Å²) in [5.41, 5.74) is 2.63. The van der Waals surface area contributed by atoms with E-state index in [4.69, 9.17) is 14.2 Å². The van der Waals surface area contributed by atoms with Crippen molar-refractivity contribution in [1.82, 2.24) is 15.2 Å². The molecular weight excluding hydrogens is 428 g/mol. The molecule has 0 aliphatic carbocycles. The number of ether oxygens (including phenoxy) is 3. The molecule has 0 radical (unpaired) electrons. The molecule has 0 spiro atoms. The van der Waals surface area contributed by atoms with E-state index in [9.17, 15) is 4.79 Å². The number of methoxy groups -OCH3 is 1. The largest absolute Gasteiger partial charge is 0.493 e. The van der Waals surface area contributed by atoms with Crippen LogP contribution in [-0.4, -0.2) is 41.1 Å². The van der Waals surface area contributed by atoms with Crippen LogP contribution < -0.4 is 19.1 Å². The Hall–Kier alpha value is -3.33. The summed E-state index contributed by atoms with van der Waals surface area (Å²) < 4.78 is 17.6. The molecule has 0 N–H and O–H groups in total. The van der Waals surface area contributed by atoms with E-state index in [1.807, 2.05) is 62.6 Å². The summed E-state index contributed by atoms with van der Waals surface area (Å²) in [6.45, 7) is 4.24. The van der Waals surface area contributed by atoms with E-state index in [2.05, 4.69) is 15.2 Å². The summed E-state index contributed by atoms with van der Waals surface area (Å²) in [4.78, 5) is 19.4. The SMILES string of the molecule is CCOc1ccc([C@H]2Oc3nc(SC)nnc3-c3ccccc3N2C(=O)CC)cc1OC. The second kappa shape index (κ2) is 9.44. The van der Waals surface area contributed by atoms with Crippen molar-refractivity contribution < 1.29 is 19.0 Å². The highest BCUT2D eigenvalue weighted by Crippen LogP contribution is 2.44. The van der Waals surface area contributed by atoms with Crippen LogP contribution in [0.1, 0.15) is 32.1 Å². The lowest BCUT2D eigenvalue weighted by molar-refractivity contribution is -0.120. The van der Waals surface area contributed by atoms with Crippen molar-refractivity contribution in [3.8, 4) is 28.6 Å². The van der Waals surface area contributed by atoms with Crippen molar-refractivity contribution in [2.75, 3.05) is 24.9 Å². The number of hydrogen-bond donors (Lipinski definition) is 0. The van der Waals surface area contributed by atoms with Crippen LogP contribution in [0, 0.1) is 0 Å². The number of aromatic nitrogens is 3. The van der Waals surface area contributed by atoms with Crippen LogP contribution in [0.15, 0.2) is 47.6 Å². The molecular formula is C23H24N4O4S. The van der Waals surface area contributed by atoms with Crippen LogP contribution in [0.5, 0.6) is 17.4 Å². The van der Waals surface area contributed by atoms with Gasteiger partial charge in [0.15, 0.2) is 17.2 Å². The van der Waals surface area contributed by atoms with Gasteiger partial charge in [-0.25, -0.2) is 0 Å². The van der Waals surface area contributed by atoms with Crippen LogP contribution >= 0.6 is 11.8 Å². The maximum Gasteiger partial charge on any atom is 0.247 e. The third-order valence-corrected chi connectivity index (χ3v) is 5.58. The molecule has 1 amide bonds. The molecule has 1 aliphatic heterocycles. The Morgan fingerprint density at radius 2 is 1.97 bits per heavy atom. The second-order valence-corrected chi connectivity index (χ2v) is 7.67. The predicted octanol–water partition coefficient (Wildman–Crippen LogP) is 4.50. The van der Waals surface area contributed by atoms with E-state index in [0.29, 0.717) is 46.9 Å². The fourth-order valence-corrected chi connectivity index (χ4v) is 3.87. The lowest BCUT2D eigenvalue weighted by atomic mass is 10.1. The first-order valence-corrected chi connectivity index (χ1v) is 11.5. The fourth-order valence-electron chi connectivity index (χ4n) is 3.57. The smallest absolute Gasteiger partial charge is 0.247 e. The Morgan fingerprint density at radius 3 is 2.69 bits per heavy atom. The number of anilines is 1. The topological polar surface area (TPSA) is 86.7 Å². The third-order valence-electron chi connectivity index (χ3n) is 5.04. The van der Waals surface area contributed by atoms with Gasteiger partial charge >= 0.3 is 0 Å². The first-order valence-electron chi connectivity index (χ1n) is 10.3. The van der Waals surface area contributed by atoms with Crippen molar-refractivity contribution in [2.45, 2.75) is 31.7 Å². The zero-order chi connectivity index (χ0) is 22.7. The molecule has 0 unspecified atom stereocenters. The number of hydrogen-bond acceptors (Lipinski definition) is 8. The molecule has 166 valence electrons. The van der Waals surface area contributed by atoms with Gasteiger partial charge in [-0.3, -0.25) is 9.69 Å². The summed E-state index contributed by atoms with van der Waals surface area (Å²) >= 11 is 1.37. The van der Waals surface area contributed by atoms with Crippen molar-refractivity contribution in [1.29, 1.82) is 0 Å². The molecule has 3 aromatic rings. The number of thioether (sulfide) groups is 1. The number of carbonyl (C=O) groups excluding carboxylic acids is 1. The van der Waals surface area contributed by atoms with Gasteiger partial charge in [-0.1, -0.05) is 36.9 Å². The van der Waals surface area contributed by atoms with E-state index in [1.165, 1.54) is 11.8 Å². The molecule has 1 atom stereocenters. The lowest BCUT2D eigenvalue weighted by Crippen LogP contribution is -2.37. The molecule has 0 fully saturated rings. The first-order chi connectivity index (χ1) is 15.6. The number of nitrogens with zero attached hydrogens (tertiary/aromatic N) is 4. The van der Waals surface area contributed by atoms with E-state index in [-0.39, 0.29) is 5.91 Å². The Kier molecular flexibility index (Phi) is 6.45. The predicted molar refractivity (Wildman–Crippen MR) is 122 cm³/mol. The van der Waals surface area contributed by atoms with Crippen LogP contribution in [0.3, 0.4) is 0 Å². The van der Waals surface area contributed by atoms with Crippen LogP contribution in [-0.2, 0) is 4.79 Å². The van der Waals surface area contributed by atoms with Gasteiger partial charge in [0, 0.05) is 17.5 Å². The lowest BCUT2D eigenvalue weighted by Gasteiger charge is -2.31. The standard InChI is InChI=1S/C23H24N4O4S/c1-5-19(28)27-16-10-8-7-9-15(16)20-21(24-23(32-4)26-25-20)31-22(27)14-11-12-17(30-6-2)18(13-14)29-3/h7-13,22H,5-6H2,1-4H3/t22-/m1/s1. The van der Waals surface area contributed by atoms with Crippen molar-refractivity contribution in [2.24, 2.45) is 0 Å². The Bertz CT molecular complexity index is 1140. The van der Waals surface area contributed by atoms with E-state index in [1.54, 1.807) is 12.0 Å². The zero-order valence-electron chi connectivity index (χ0n) is 18.4. The molecule has 9 heteroatoms. The van der Waals surface area contributed by atoms with E-state index >= 15 is 0 Å². The van der Waals surface area contributed by atoms with Gasteiger partial charge in [-0.05, 0) is 37.4 Å². The van der Waals surface area contributed by atoms with Crippen LogP contribution in [0.25, 0.3) is 11.3 Å². The quantitative estimate of drug-likeness (QED) is 0.505. The monoisotopic (exact) mass is 452 g/mol. The Balaban J connectivity index is 1.93. The molecule has 2 aromatic carbocycles. The molecule has 0 bridgehead atoms. The molecule has 4 rings (SSSR count). The minimum absolute atomic E-state index is 0.0962. The summed E-state index contributed by atoms with van der Waals surface area (Å²) in [5, 5.41) is 9.04. The Morgan fingerprint density at radius 1 is 1.16 bits per heavy atom. The molecule has 2 heterocycles. The average Bonchev–Trinajstić information content (AvgIpc) is 2.98. The van der Waals surface area contributed by atoms with E-state index < -0.39 is 6.23 Å². The number of carbonyl (C=O) groups is 1. The van der Waals surface area contributed by atoms with Gasteiger partial charge in [0.25, 0.3) is 0 Å². The zero-order valence-corrected chi connectivity index (χ0v) is 19.2. The highest BCUT2D eigenvalue weighted by Gasteiger charge is 2.35. The van der Waals surface area contributed by atoms with Gasteiger partial charge in [-0.2, -0.15) is 4.98 Å². The van der Waals surface area contributed by atoms with E-state index in [0.717, 1.165) is 11.1 Å². The van der Waals surface area contributed by atoms with Gasteiger partial charge in [0.1, 0.15) is 0 Å². The van der Waals surface area contributed by atoms with Crippen LogP contribution in [0.2, 0.25) is 0 Å². The summed E-state index contributed by atoms with van der Waals surface area (Å²) in [5.74, 6) is 1.40. The maximum absolute atomic E-state index is 13.2. The number of fused-ring (bicyclic) bond motifs is 3. The van der Waals surface area contributed by atoms with Gasteiger partial charge < -0.3 is 14.2 Å². The fraction of sp³-hybridized carbons (Fsp3) is 0.304. The summed E-state index contributed by atoms with van der Waals surface area (Å²) in [6.07, 6.45) is 1.39. The number of benzene rings is 2. The summed E-state index contributed by atoms with van der Waals surface area (Å²) in [7, 11) is 1.58. The highest BCUT2D eigenvalue weighted by atomic mass is 32.2. The van der Waals surface area contributed by atoms with Crippen molar-refractivity contribution in [3.05, 3.63) is 48.0 Å². The molecule has 8 nitrogen and oxygen atoms in total. The third kappa shape index (κ3) is 3.95. The normalized spacial score (nSPS) is 14.6. The first kappa shape index (κ1) is 21.9. The molecule has 32 heavy (non-hydrogen) atoms. The molecule has 1 aromatic heterocycles. The van der Waals surface area contributed by atoms with Crippen molar-refractivity contribution >= 4 is 23.4 Å².